The molecule has 0 amide bonds. The highest BCUT2D eigenvalue weighted by molar-refractivity contribution is 5.95. The quantitative estimate of drug-likeness (QED) is 0.833. The number of aromatic nitrogens is 2. The molecule has 2 aromatic rings. The maximum Gasteiger partial charge on any atom is 0.358 e. The van der Waals surface area contributed by atoms with Gasteiger partial charge in [-0.15, -0.1) is 0 Å². The van der Waals surface area contributed by atoms with Crippen LogP contribution in [0.25, 0.3) is 5.52 Å². The molecule has 96 valence electrons. The van der Waals surface area contributed by atoms with Gasteiger partial charge in [0.1, 0.15) is 5.82 Å². The summed E-state index contributed by atoms with van der Waals surface area (Å²) in [5.74, 6) is 0.629. The summed E-state index contributed by atoms with van der Waals surface area (Å²) < 4.78 is 6.68. The van der Waals surface area contributed by atoms with Crippen LogP contribution in [0.15, 0.2) is 24.4 Å². The lowest BCUT2D eigenvalue weighted by Crippen LogP contribution is -2.08. The van der Waals surface area contributed by atoms with E-state index < -0.39 is 5.97 Å². The molecule has 0 spiro atoms. The number of imidazole rings is 1. The summed E-state index contributed by atoms with van der Waals surface area (Å²) in [6.45, 7) is 2.65. The Bertz CT molecular complexity index is 562. The van der Waals surface area contributed by atoms with Gasteiger partial charge in [-0.1, -0.05) is 13.0 Å². The van der Waals surface area contributed by atoms with Crippen LogP contribution in [0.2, 0.25) is 0 Å². The first-order valence-corrected chi connectivity index (χ1v) is 5.94. The van der Waals surface area contributed by atoms with Gasteiger partial charge >= 0.3 is 5.97 Å². The minimum Gasteiger partial charge on any atom is -0.464 e. The monoisotopic (exact) mass is 247 g/mol. The minimum absolute atomic E-state index is 0.198. The zero-order chi connectivity index (χ0) is 13.1. The summed E-state index contributed by atoms with van der Waals surface area (Å²) in [4.78, 5) is 16.1. The predicted octanol–water partition coefficient (Wildman–Crippen LogP) is 1.57. The molecule has 2 rings (SSSR count). The summed E-state index contributed by atoms with van der Waals surface area (Å²) in [7, 11) is 1.36. The number of pyridine rings is 1. The molecular formula is C13H17N3O2. The molecule has 2 heterocycles. The fraction of sp³-hybridized carbons (Fsp3) is 0.385. The molecule has 0 saturated heterocycles. The van der Waals surface area contributed by atoms with Crippen LogP contribution in [0.3, 0.4) is 0 Å². The summed E-state index contributed by atoms with van der Waals surface area (Å²) in [6.07, 6.45) is 2.73. The third-order valence-corrected chi connectivity index (χ3v) is 2.99. The second-order valence-corrected chi connectivity index (χ2v) is 4.24. The van der Waals surface area contributed by atoms with Crippen molar-refractivity contribution in [3.63, 3.8) is 0 Å². The van der Waals surface area contributed by atoms with E-state index in [1.165, 1.54) is 7.11 Å². The van der Waals surface area contributed by atoms with Gasteiger partial charge in [-0.05, 0) is 25.1 Å². The van der Waals surface area contributed by atoms with Crippen molar-refractivity contribution in [1.82, 2.24) is 9.38 Å². The van der Waals surface area contributed by atoms with Crippen molar-refractivity contribution in [1.29, 1.82) is 0 Å². The highest BCUT2D eigenvalue weighted by Crippen LogP contribution is 2.22. The molecule has 0 aromatic carbocycles. The normalized spacial score (nSPS) is 12.6. The van der Waals surface area contributed by atoms with E-state index in [0.717, 1.165) is 17.8 Å². The van der Waals surface area contributed by atoms with Crippen molar-refractivity contribution < 1.29 is 9.53 Å². The molecule has 0 saturated carbocycles. The van der Waals surface area contributed by atoms with Crippen molar-refractivity contribution in [2.45, 2.75) is 19.3 Å². The first kappa shape index (κ1) is 12.6. The number of methoxy groups -OCH3 is 1. The van der Waals surface area contributed by atoms with Crippen LogP contribution in [-0.2, 0) is 4.74 Å². The van der Waals surface area contributed by atoms with Crippen LogP contribution in [0.4, 0.5) is 0 Å². The van der Waals surface area contributed by atoms with E-state index in [0.29, 0.717) is 12.2 Å². The Morgan fingerprint density at radius 3 is 3.00 bits per heavy atom. The molecular weight excluding hydrogens is 230 g/mol. The average Bonchev–Trinajstić information content (AvgIpc) is 2.78. The lowest BCUT2D eigenvalue weighted by Gasteiger charge is -2.08. The highest BCUT2D eigenvalue weighted by Gasteiger charge is 2.20. The van der Waals surface area contributed by atoms with Gasteiger partial charge in [-0.2, -0.15) is 0 Å². The lowest BCUT2D eigenvalue weighted by atomic mass is 10.1. The van der Waals surface area contributed by atoms with Crippen LogP contribution in [0.5, 0.6) is 0 Å². The van der Waals surface area contributed by atoms with Crippen molar-refractivity contribution in [2.75, 3.05) is 13.7 Å². The van der Waals surface area contributed by atoms with E-state index in [1.54, 1.807) is 0 Å². The number of nitrogens with zero attached hydrogens (tertiary/aromatic N) is 2. The van der Waals surface area contributed by atoms with Crippen LogP contribution in [0, 0.1) is 0 Å². The number of carbonyl (C=O) groups excluding carboxylic acids is 1. The van der Waals surface area contributed by atoms with E-state index in [1.807, 2.05) is 28.8 Å². The molecule has 2 N–H and O–H groups in total. The van der Waals surface area contributed by atoms with Gasteiger partial charge in [0.2, 0.25) is 0 Å². The molecule has 0 radical (unpaired) electrons. The van der Waals surface area contributed by atoms with E-state index in [2.05, 4.69) is 11.9 Å². The Balaban J connectivity index is 2.57. The number of ether oxygens (including phenoxy) is 1. The van der Waals surface area contributed by atoms with Crippen molar-refractivity contribution in [3.8, 4) is 0 Å². The Hall–Kier alpha value is -1.88. The first-order valence-electron chi connectivity index (χ1n) is 5.94. The average molecular weight is 247 g/mol. The number of hydrogen-bond acceptors (Lipinski definition) is 4. The topological polar surface area (TPSA) is 69.6 Å². The van der Waals surface area contributed by atoms with Gasteiger partial charge < -0.3 is 14.9 Å². The van der Waals surface area contributed by atoms with Crippen molar-refractivity contribution in [3.05, 3.63) is 35.9 Å². The second-order valence-electron chi connectivity index (χ2n) is 4.24. The van der Waals surface area contributed by atoms with Crippen LogP contribution >= 0.6 is 0 Å². The molecule has 0 aliphatic rings. The van der Waals surface area contributed by atoms with E-state index >= 15 is 0 Å². The van der Waals surface area contributed by atoms with Gasteiger partial charge in [-0.3, -0.25) is 0 Å². The van der Waals surface area contributed by atoms with Gasteiger partial charge in [0.05, 0.1) is 12.6 Å². The molecule has 5 nitrogen and oxygen atoms in total. The summed E-state index contributed by atoms with van der Waals surface area (Å²) >= 11 is 0. The number of carbonyl (C=O) groups is 1. The number of fused-ring (bicyclic) bond motifs is 1. The first-order chi connectivity index (χ1) is 8.69. The molecule has 0 bridgehead atoms. The van der Waals surface area contributed by atoms with Crippen molar-refractivity contribution >= 4 is 11.5 Å². The molecule has 1 unspecified atom stereocenters. The smallest absolute Gasteiger partial charge is 0.358 e. The highest BCUT2D eigenvalue weighted by atomic mass is 16.5. The van der Waals surface area contributed by atoms with E-state index in [9.17, 15) is 4.79 Å². The van der Waals surface area contributed by atoms with Gasteiger partial charge in [0.25, 0.3) is 0 Å². The van der Waals surface area contributed by atoms with Gasteiger partial charge in [0.15, 0.2) is 5.69 Å². The summed E-state index contributed by atoms with van der Waals surface area (Å²) in [6, 6.07) is 5.65. The SMILES string of the molecule is COC(=O)c1nc(C(C)CCN)n2ccccc12. The van der Waals surface area contributed by atoms with Gasteiger partial charge in [0, 0.05) is 12.1 Å². The Morgan fingerprint density at radius 1 is 1.56 bits per heavy atom. The molecule has 2 aromatic heterocycles. The number of esters is 1. The molecule has 18 heavy (non-hydrogen) atoms. The predicted molar refractivity (Wildman–Crippen MR) is 68.6 cm³/mol. The third-order valence-electron chi connectivity index (χ3n) is 2.99. The number of nitrogens with two attached hydrogens (primary N) is 1. The standard InChI is InChI=1S/C13H17N3O2/c1-9(6-7-14)12-15-11(13(17)18-2)10-5-3-4-8-16(10)12/h3-5,8-9H,6-7,14H2,1-2H3. The summed E-state index contributed by atoms with van der Waals surface area (Å²) in [5, 5.41) is 0. The zero-order valence-corrected chi connectivity index (χ0v) is 10.6. The van der Waals surface area contributed by atoms with Crippen LogP contribution in [-0.4, -0.2) is 29.0 Å². The van der Waals surface area contributed by atoms with Crippen LogP contribution < -0.4 is 5.73 Å². The maximum absolute atomic E-state index is 11.7. The Morgan fingerprint density at radius 2 is 2.33 bits per heavy atom. The molecule has 0 aliphatic carbocycles. The van der Waals surface area contributed by atoms with Crippen molar-refractivity contribution in [2.24, 2.45) is 5.73 Å². The summed E-state index contributed by atoms with van der Waals surface area (Å²) in [5.41, 5.74) is 6.70. The fourth-order valence-corrected chi connectivity index (χ4v) is 2.04. The van der Waals surface area contributed by atoms with E-state index in [-0.39, 0.29) is 5.92 Å². The molecule has 0 fully saturated rings. The van der Waals surface area contributed by atoms with E-state index in [4.69, 9.17) is 10.5 Å². The second kappa shape index (κ2) is 5.18. The zero-order valence-electron chi connectivity index (χ0n) is 10.6. The molecule has 1 atom stereocenters. The number of hydrogen-bond donors (Lipinski definition) is 1. The Labute approximate surface area is 106 Å². The number of rotatable bonds is 4. The van der Waals surface area contributed by atoms with Crippen LogP contribution in [0.1, 0.15) is 35.6 Å². The fourth-order valence-electron chi connectivity index (χ4n) is 2.04. The minimum atomic E-state index is -0.412. The maximum atomic E-state index is 11.7. The molecule has 5 heteroatoms. The lowest BCUT2D eigenvalue weighted by molar-refractivity contribution is 0.0597. The largest absolute Gasteiger partial charge is 0.464 e. The Kier molecular flexibility index (Phi) is 3.62. The third kappa shape index (κ3) is 2.09. The van der Waals surface area contributed by atoms with Gasteiger partial charge in [-0.25, -0.2) is 9.78 Å². The molecule has 0 aliphatic heterocycles.